The van der Waals surface area contributed by atoms with Crippen LogP contribution in [-0.2, 0) is 29.6 Å². The first-order valence-electron chi connectivity index (χ1n) is 10.6. The summed E-state index contributed by atoms with van der Waals surface area (Å²) in [5.41, 5.74) is -1.13. The Morgan fingerprint density at radius 2 is 1.64 bits per heavy atom. The minimum atomic E-state index is -5.18. The molecule has 3 aromatic carbocycles. The molecular formula is C21H12ClFK3N5O10S3. The van der Waals surface area contributed by atoms with Crippen molar-refractivity contribution in [1.29, 1.82) is 0 Å². The van der Waals surface area contributed by atoms with Crippen LogP contribution in [-0.4, -0.2) is 41.0 Å². The minimum Gasteiger partial charge on any atom is -0.744 e. The van der Waals surface area contributed by atoms with E-state index in [4.69, 9.17) is 11.6 Å². The summed E-state index contributed by atoms with van der Waals surface area (Å²) in [6.07, 6.45) is -1.17. The summed E-state index contributed by atoms with van der Waals surface area (Å²) in [4.78, 5) is 5.07. The van der Waals surface area contributed by atoms with Gasteiger partial charge in [0.25, 0.3) is 0 Å². The number of phenolic OH excluding ortho intramolecular Hbond substituents is 1. The number of rotatable bonds is 9. The topological polar surface area (TPSA) is 239 Å². The van der Waals surface area contributed by atoms with Gasteiger partial charge in [0.2, 0.25) is 0 Å². The number of hydrogen-bond donors (Lipinski definition) is 2. The average Bonchev–Trinajstić information content (AvgIpc) is 2.88. The maximum absolute atomic E-state index is 13.9. The van der Waals surface area contributed by atoms with E-state index in [1.54, 1.807) is 0 Å². The third-order valence-electron chi connectivity index (χ3n) is 5.23. The number of anilines is 2. The van der Waals surface area contributed by atoms with Gasteiger partial charge in [-0.15, -0.1) is 10.2 Å². The molecule has 15 nitrogen and oxygen atoms in total. The number of phenols is 1. The van der Waals surface area contributed by atoms with Crippen LogP contribution in [0.1, 0.15) is 5.69 Å². The normalized spacial score (nSPS) is 11.5. The number of hydrogen-bond acceptors (Lipinski definition) is 16. The Morgan fingerprint density at radius 3 is 2.25 bits per heavy atom. The third kappa shape index (κ3) is 10.4. The fourth-order valence-electron chi connectivity index (χ4n) is 3.56. The molecule has 0 saturated carbocycles. The molecule has 0 amide bonds. The van der Waals surface area contributed by atoms with E-state index in [-0.39, 0.29) is 193 Å². The largest absolute Gasteiger partial charge is 1.00 e. The summed E-state index contributed by atoms with van der Waals surface area (Å²) in [6, 6.07) is 7.56. The van der Waals surface area contributed by atoms with Crippen molar-refractivity contribution in [1.82, 2.24) is 9.97 Å². The van der Waals surface area contributed by atoms with Crippen LogP contribution in [0.2, 0.25) is 5.02 Å². The third-order valence-corrected chi connectivity index (χ3v) is 8.08. The molecule has 23 heteroatoms. The second kappa shape index (κ2) is 18.4. The van der Waals surface area contributed by atoms with Crippen molar-refractivity contribution in [2.24, 2.45) is 10.2 Å². The Hall–Kier alpha value is 1.38. The number of fused-ring (bicyclic) bond motifs is 1. The summed E-state index contributed by atoms with van der Waals surface area (Å²) in [5, 5.41) is 34.2. The van der Waals surface area contributed by atoms with E-state index in [1.807, 2.05) is 0 Å². The Balaban J connectivity index is 0.00000323. The zero-order valence-electron chi connectivity index (χ0n) is 22.9. The van der Waals surface area contributed by atoms with Crippen LogP contribution >= 0.6 is 23.6 Å². The van der Waals surface area contributed by atoms with Crippen LogP contribution in [0.3, 0.4) is 0 Å². The van der Waals surface area contributed by atoms with Crippen molar-refractivity contribution in [3.8, 4) is 5.75 Å². The molecule has 0 saturated heterocycles. The molecule has 0 radical (unpaired) electrons. The monoisotopic (exact) mass is 761 g/mol. The predicted molar refractivity (Wildman–Crippen MR) is 135 cm³/mol. The van der Waals surface area contributed by atoms with Crippen molar-refractivity contribution in [2.45, 2.75) is 21.6 Å². The molecule has 1 heterocycles. The van der Waals surface area contributed by atoms with Crippen LogP contribution in [0.4, 0.5) is 27.3 Å². The summed E-state index contributed by atoms with van der Waals surface area (Å²) < 4.78 is 89.1. The number of benzene rings is 3. The molecular weight excluding hydrogens is 750 g/mol. The van der Waals surface area contributed by atoms with Crippen LogP contribution < -0.4 is 165 Å². The molecule has 2 N–H and O–H groups in total. The first-order chi connectivity index (χ1) is 19.2. The number of nitrogens with zero attached hydrogens (tertiary/aromatic N) is 4. The van der Waals surface area contributed by atoms with Crippen LogP contribution in [0.5, 0.6) is 5.75 Å². The van der Waals surface area contributed by atoms with Gasteiger partial charge < -0.3 is 24.8 Å². The van der Waals surface area contributed by atoms with Gasteiger partial charge in [0.15, 0.2) is 11.6 Å². The molecule has 216 valence electrons. The van der Waals surface area contributed by atoms with Gasteiger partial charge in [-0.3, -0.25) is 5.04 Å². The molecule has 0 aliphatic heterocycles. The summed E-state index contributed by atoms with van der Waals surface area (Å²) in [6.45, 7) is 1.38. The molecule has 0 unspecified atom stereocenters. The van der Waals surface area contributed by atoms with Gasteiger partial charge in [-0.2, -0.15) is 13.7 Å². The van der Waals surface area contributed by atoms with E-state index in [2.05, 4.69) is 34.9 Å². The Kier molecular flexibility index (Phi) is 18.1. The molecule has 0 bridgehead atoms. The Labute approximate surface area is 386 Å². The van der Waals surface area contributed by atoms with Gasteiger partial charge in [-0.1, -0.05) is 23.7 Å². The van der Waals surface area contributed by atoms with Gasteiger partial charge >= 0.3 is 160 Å². The molecule has 0 spiro atoms. The van der Waals surface area contributed by atoms with E-state index in [9.17, 15) is 40.7 Å². The predicted octanol–water partition coefficient (Wildman–Crippen LogP) is -5.35. The van der Waals surface area contributed by atoms with Gasteiger partial charge in [-0.25, -0.2) is 21.8 Å². The minimum absolute atomic E-state index is 0. The van der Waals surface area contributed by atoms with Crippen LogP contribution in [0.15, 0.2) is 67.4 Å². The average molecular weight is 762 g/mol. The zero-order valence-corrected chi connectivity index (χ0v) is 35.5. The number of nitrogens with one attached hydrogen (secondary N) is 1. The van der Waals surface area contributed by atoms with E-state index >= 15 is 0 Å². The molecule has 0 aliphatic rings. The van der Waals surface area contributed by atoms with E-state index in [0.717, 1.165) is 30.3 Å². The summed E-state index contributed by atoms with van der Waals surface area (Å²) in [7, 11) is -10.2. The van der Waals surface area contributed by atoms with Crippen molar-refractivity contribution in [3.05, 3.63) is 59.3 Å². The van der Waals surface area contributed by atoms with Crippen molar-refractivity contribution >= 4 is 77.5 Å². The number of aryl methyl sites for hydroxylation is 1. The molecule has 4 rings (SSSR count). The van der Waals surface area contributed by atoms with E-state index < -0.39 is 64.0 Å². The Bertz CT molecular complexity index is 1940. The number of aromatic nitrogens is 2. The molecule has 0 fully saturated rings. The number of halogens is 2. The maximum Gasteiger partial charge on any atom is 1.00 e. The summed E-state index contributed by atoms with van der Waals surface area (Å²) in [5.74, 6) is -1.18. The summed E-state index contributed by atoms with van der Waals surface area (Å²) >= 11 is 6.28. The first-order valence-corrected chi connectivity index (χ1v) is 14.5. The van der Waals surface area contributed by atoms with Crippen LogP contribution in [0, 0.1) is 13.0 Å². The molecule has 0 aliphatic carbocycles. The van der Waals surface area contributed by atoms with Gasteiger partial charge in [0.1, 0.15) is 36.6 Å². The quantitative estimate of drug-likeness (QED) is 0.0308. The van der Waals surface area contributed by atoms with E-state index in [1.165, 1.54) is 19.1 Å². The second-order valence-corrected chi connectivity index (χ2v) is 11.6. The van der Waals surface area contributed by atoms with Gasteiger partial charge in [-0.05, 0) is 37.3 Å². The number of aromatic hydroxyl groups is 1. The van der Waals surface area contributed by atoms with Crippen molar-refractivity contribution < 1.29 is 204 Å². The Morgan fingerprint density at radius 1 is 1.00 bits per heavy atom. The SMILES string of the molecule is Cc1nc(F)nc(Nc2ccc(S(=O)(=O)[O-])c3cc(SOO[O-])c(N=Nc4ccccc4S(=O)(=O)[O-])c(O)c23)c1Cl.[K+].[K+].[K+]. The molecule has 0 atom stereocenters. The van der Waals surface area contributed by atoms with Crippen molar-refractivity contribution in [2.75, 3.05) is 5.32 Å². The standard InChI is InChI=1S/C21H15ClFN5O10S3.3K/c1-9-17(22)20(26-21(23)24-9)25-12-6-7-14(40(31,32)33)10-8-13(39-38-37-30)18(19(29)16(10)12)28-27-11-4-2-3-5-15(11)41(34,35)36;;;/h2-8,29-30H,1H3,(H,24,25,26)(H,31,32,33)(H,34,35,36);;;/q;3*+1/p-3. The smallest absolute Gasteiger partial charge is 0.744 e. The van der Waals surface area contributed by atoms with E-state index in [0.29, 0.717) is 0 Å². The first kappa shape index (κ1) is 43.4. The molecule has 4 aromatic rings. The van der Waals surface area contributed by atoms with Gasteiger partial charge in [0, 0.05) is 5.39 Å². The van der Waals surface area contributed by atoms with Crippen molar-refractivity contribution in [3.63, 3.8) is 0 Å². The maximum atomic E-state index is 13.9. The number of azo groups is 1. The fraction of sp³-hybridized carbons (Fsp3) is 0.0476. The molecule has 1 aromatic heterocycles. The van der Waals surface area contributed by atoms with Gasteiger partial charge in [0.05, 0.1) is 43.5 Å². The fourth-order valence-corrected chi connectivity index (χ4v) is 5.45. The zero-order chi connectivity index (χ0) is 30.1. The van der Waals surface area contributed by atoms with Crippen LogP contribution in [0.25, 0.3) is 10.8 Å². The molecule has 44 heavy (non-hydrogen) atoms. The second-order valence-electron chi connectivity index (χ2n) is 7.77.